The van der Waals surface area contributed by atoms with Gasteiger partial charge in [-0.1, -0.05) is 48.4 Å². The van der Waals surface area contributed by atoms with Crippen molar-refractivity contribution in [2.24, 2.45) is 0 Å². The number of carbonyl (C=O) groups is 1. The molecule has 1 rings (SSSR count). The van der Waals surface area contributed by atoms with Gasteiger partial charge in [-0.05, 0) is 6.42 Å². The largest absolute Gasteiger partial charge is 0.451 e. The maximum absolute atomic E-state index is 10.8. The maximum Gasteiger partial charge on any atom is 0.330 e. The van der Waals surface area contributed by atoms with E-state index in [2.05, 4.69) is 23.7 Å². The molecule has 4 nitrogen and oxygen atoms in total. The zero-order valence-electron chi connectivity index (χ0n) is 8.84. The van der Waals surface area contributed by atoms with Gasteiger partial charge < -0.3 is 4.74 Å². The highest BCUT2D eigenvalue weighted by Gasteiger charge is 2.05. The summed E-state index contributed by atoms with van der Waals surface area (Å²) in [6.45, 7) is 5.44. The first-order chi connectivity index (χ1) is 7.76. The molecule has 0 radical (unpaired) electrons. The van der Waals surface area contributed by atoms with Crippen LogP contribution in [0.5, 0.6) is 0 Å². The van der Waals surface area contributed by atoms with Gasteiger partial charge >= 0.3 is 5.97 Å². The quantitative estimate of drug-likeness (QED) is 0.330. The van der Waals surface area contributed by atoms with Crippen LogP contribution in [0, 0.1) is 0 Å². The number of carbonyl (C=O) groups excluding carboxylic acids is 1. The third-order valence-electron chi connectivity index (χ3n) is 1.37. The predicted molar refractivity (Wildman–Crippen MR) is 67.9 cm³/mol. The average molecular weight is 276 g/mol. The van der Waals surface area contributed by atoms with Gasteiger partial charge in [0.05, 0.1) is 0 Å². The van der Waals surface area contributed by atoms with Crippen molar-refractivity contribution in [1.82, 2.24) is 10.2 Å². The molecule has 1 aromatic heterocycles. The number of rotatable bonds is 7. The van der Waals surface area contributed by atoms with Crippen molar-refractivity contribution in [3.05, 3.63) is 12.7 Å². The van der Waals surface area contributed by atoms with Crippen LogP contribution in [0.2, 0.25) is 0 Å². The van der Waals surface area contributed by atoms with E-state index in [1.165, 1.54) is 23.1 Å². The third kappa shape index (κ3) is 5.00. The van der Waals surface area contributed by atoms with E-state index in [-0.39, 0.29) is 5.94 Å². The number of nitrogens with zero attached hydrogens (tertiary/aromatic N) is 2. The summed E-state index contributed by atoms with van der Waals surface area (Å²) in [5.74, 6) is 0.875. The molecule has 0 saturated carbocycles. The van der Waals surface area contributed by atoms with Crippen molar-refractivity contribution in [3.8, 4) is 0 Å². The number of aromatic nitrogens is 2. The molecule has 0 aromatic carbocycles. The van der Waals surface area contributed by atoms with Gasteiger partial charge in [0, 0.05) is 11.8 Å². The van der Waals surface area contributed by atoms with E-state index in [1.54, 1.807) is 11.8 Å². The summed E-state index contributed by atoms with van der Waals surface area (Å²) in [4.78, 5) is 10.8. The van der Waals surface area contributed by atoms with Crippen LogP contribution >= 0.6 is 34.9 Å². The Bertz CT molecular complexity index is 354. The summed E-state index contributed by atoms with van der Waals surface area (Å²) >= 11 is 4.57. The molecule has 0 aliphatic carbocycles. The lowest BCUT2D eigenvalue weighted by Gasteiger charge is -1.97. The normalized spacial score (nSPS) is 10.1. The Kier molecular flexibility index (Phi) is 6.51. The fraction of sp³-hybridized carbons (Fsp3) is 0.444. The molecule has 0 N–H and O–H groups in total. The Morgan fingerprint density at radius 2 is 2.19 bits per heavy atom. The van der Waals surface area contributed by atoms with Crippen LogP contribution in [0.25, 0.3) is 0 Å². The van der Waals surface area contributed by atoms with E-state index in [0.29, 0.717) is 0 Å². The van der Waals surface area contributed by atoms with Gasteiger partial charge in [0.1, 0.15) is 5.94 Å². The van der Waals surface area contributed by atoms with Crippen LogP contribution in [0.1, 0.15) is 13.3 Å². The lowest BCUT2D eigenvalue weighted by atomic mass is 10.6. The Morgan fingerprint density at radius 1 is 1.50 bits per heavy atom. The monoisotopic (exact) mass is 276 g/mol. The molecule has 88 valence electrons. The van der Waals surface area contributed by atoms with E-state index in [4.69, 9.17) is 4.74 Å². The number of esters is 1. The van der Waals surface area contributed by atoms with Crippen molar-refractivity contribution in [2.75, 3.05) is 11.7 Å². The van der Waals surface area contributed by atoms with E-state index in [1.807, 2.05) is 0 Å². The number of hydrogen-bond acceptors (Lipinski definition) is 7. The number of hydrogen-bond donors (Lipinski definition) is 0. The van der Waals surface area contributed by atoms with Gasteiger partial charge in [0.25, 0.3) is 0 Å². The molecule has 0 bridgehead atoms. The minimum Gasteiger partial charge on any atom is -0.451 e. The highest BCUT2D eigenvalue weighted by molar-refractivity contribution is 8.03. The molecule has 0 amide bonds. The Morgan fingerprint density at radius 3 is 2.81 bits per heavy atom. The van der Waals surface area contributed by atoms with Gasteiger partial charge in [-0.15, -0.1) is 10.2 Å². The summed E-state index contributed by atoms with van der Waals surface area (Å²) in [6, 6.07) is 0. The van der Waals surface area contributed by atoms with Crippen molar-refractivity contribution in [2.45, 2.75) is 22.0 Å². The highest BCUT2D eigenvalue weighted by Crippen LogP contribution is 2.28. The molecule has 0 saturated heterocycles. The maximum atomic E-state index is 10.8. The minimum atomic E-state index is -0.419. The first-order valence-corrected chi connectivity index (χ1v) is 7.43. The zero-order chi connectivity index (χ0) is 11.8. The third-order valence-corrected chi connectivity index (χ3v) is 4.59. The Balaban J connectivity index is 2.29. The van der Waals surface area contributed by atoms with E-state index in [9.17, 15) is 4.79 Å². The van der Waals surface area contributed by atoms with Crippen LogP contribution in [0.4, 0.5) is 0 Å². The van der Waals surface area contributed by atoms with Gasteiger partial charge in [-0.2, -0.15) is 0 Å². The smallest absolute Gasteiger partial charge is 0.330 e. The Labute approximate surface area is 107 Å². The topological polar surface area (TPSA) is 52.1 Å². The van der Waals surface area contributed by atoms with Crippen LogP contribution < -0.4 is 0 Å². The first kappa shape index (κ1) is 13.5. The summed E-state index contributed by atoms with van der Waals surface area (Å²) in [5.41, 5.74) is 0. The first-order valence-electron chi connectivity index (χ1n) is 4.64. The average Bonchev–Trinajstić information content (AvgIpc) is 2.74. The lowest BCUT2D eigenvalue weighted by Crippen LogP contribution is -1.98. The lowest BCUT2D eigenvalue weighted by molar-refractivity contribution is -0.135. The minimum absolute atomic E-state index is 0.248. The molecule has 0 aliphatic heterocycles. The zero-order valence-corrected chi connectivity index (χ0v) is 11.3. The van der Waals surface area contributed by atoms with Crippen molar-refractivity contribution < 1.29 is 9.53 Å². The highest BCUT2D eigenvalue weighted by atomic mass is 32.2. The van der Waals surface area contributed by atoms with Gasteiger partial charge in [-0.25, -0.2) is 4.79 Å². The second kappa shape index (κ2) is 7.70. The predicted octanol–water partition coefficient (Wildman–Crippen LogP) is 2.82. The van der Waals surface area contributed by atoms with Gasteiger partial charge in [0.15, 0.2) is 8.68 Å². The Hall–Kier alpha value is -0.530. The summed E-state index contributed by atoms with van der Waals surface area (Å²) < 4.78 is 6.60. The van der Waals surface area contributed by atoms with Crippen molar-refractivity contribution >= 4 is 40.8 Å². The summed E-state index contributed by atoms with van der Waals surface area (Å²) in [6.07, 6.45) is 2.26. The van der Waals surface area contributed by atoms with Gasteiger partial charge in [-0.3, -0.25) is 0 Å². The molecule has 7 heteroatoms. The van der Waals surface area contributed by atoms with Crippen molar-refractivity contribution in [1.29, 1.82) is 0 Å². The van der Waals surface area contributed by atoms with E-state index >= 15 is 0 Å². The van der Waals surface area contributed by atoms with Crippen molar-refractivity contribution in [3.63, 3.8) is 0 Å². The number of ether oxygens (including phenoxy) is 1. The standard InChI is InChI=1S/C9H12N2O2S3/c1-3-5-14-8-10-11-9(16-8)15-6-13-7(12)4-2/h4H,2-3,5-6H2,1H3. The van der Waals surface area contributed by atoms with Gasteiger partial charge in [0.2, 0.25) is 0 Å². The molecule has 0 unspecified atom stereocenters. The second-order valence-corrected chi connectivity index (χ2v) is 6.10. The molecular formula is C9H12N2O2S3. The van der Waals surface area contributed by atoms with Crippen LogP contribution in [-0.4, -0.2) is 27.9 Å². The van der Waals surface area contributed by atoms with Crippen LogP contribution in [-0.2, 0) is 9.53 Å². The molecule has 0 spiro atoms. The SMILES string of the molecule is C=CC(=O)OCSc1nnc(SCCC)s1. The molecule has 0 atom stereocenters. The van der Waals surface area contributed by atoms with E-state index in [0.717, 1.165) is 26.9 Å². The van der Waals surface area contributed by atoms with Crippen LogP contribution in [0.15, 0.2) is 21.3 Å². The molecule has 0 aliphatic rings. The molecule has 1 heterocycles. The molecular weight excluding hydrogens is 264 g/mol. The fourth-order valence-electron chi connectivity index (χ4n) is 0.700. The van der Waals surface area contributed by atoms with E-state index < -0.39 is 5.97 Å². The molecule has 1 aromatic rings. The fourth-order valence-corrected chi connectivity index (χ4v) is 3.36. The number of thioether (sulfide) groups is 2. The molecule has 0 fully saturated rings. The molecule has 16 heavy (non-hydrogen) atoms. The summed E-state index contributed by atoms with van der Waals surface area (Å²) in [7, 11) is 0. The van der Waals surface area contributed by atoms with Crippen LogP contribution in [0.3, 0.4) is 0 Å². The summed E-state index contributed by atoms with van der Waals surface area (Å²) in [5, 5.41) is 8.01. The second-order valence-electron chi connectivity index (χ2n) is 2.61.